The van der Waals surface area contributed by atoms with Crippen LogP contribution in [-0.2, 0) is 19.1 Å². The van der Waals surface area contributed by atoms with E-state index in [4.69, 9.17) is 0 Å². The molecule has 0 aliphatic carbocycles. The summed E-state index contributed by atoms with van der Waals surface area (Å²) in [6.45, 7) is 7.32. The monoisotopic (exact) mass is 435 g/mol. The number of anilines is 2. The highest BCUT2D eigenvalue weighted by molar-refractivity contribution is 5.72. The van der Waals surface area contributed by atoms with Crippen molar-refractivity contribution in [1.82, 2.24) is 29.5 Å². The van der Waals surface area contributed by atoms with Crippen LogP contribution in [0.4, 0.5) is 16.0 Å². The molecule has 1 aromatic carbocycles. The molecule has 0 spiro atoms. The van der Waals surface area contributed by atoms with Gasteiger partial charge < -0.3 is 10.4 Å². The van der Waals surface area contributed by atoms with Crippen LogP contribution in [0, 0.1) is 12.7 Å². The van der Waals surface area contributed by atoms with Crippen molar-refractivity contribution in [1.29, 1.82) is 0 Å². The summed E-state index contributed by atoms with van der Waals surface area (Å²) in [5.41, 5.74) is 3.11. The van der Waals surface area contributed by atoms with Gasteiger partial charge in [0, 0.05) is 24.2 Å². The minimum atomic E-state index is -1.08. The number of benzene rings is 1. The van der Waals surface area contributed by atoms with Gasteiger partial charge in [0.25, 0.3) is 0 Å². The van der Waals surface area contributed by atoms with Crippen molar-refractivity contribution in [3.8, 4) is 17.1 Å². The van der Waals surface area contributed by atoms with Gasteiger partial charge in [-0.3, -0.25) is 4.68 Å². The molecule has 32 heavy (non-hydrogen) atoms. The van der Waals surface area contributed by atoms with Crippen LogP contribution < -0.4 is 5.32 Å². The van der Waals surface area contributed by atoms with Crippen molar-refractivity contribution in [3.05, 3.63) is 65.5 Å². The van der Waals surface area contributed by atoms with Crippen molar-refractivity contribution in [2.24, 2.45) is 7.05 Å². The first-order valence-electron chi connectivity index (χ1n) is 10.4. The third-order valence-corrected chi connectivity index (χ3v) is 5.19. The van der Waals surface area contributed by atoms with Gasteiger partial charge in [-0.2, -0.15) is 10.2 Å². The highest BCUT2D eigenvalue weighted by Gasteiger charge is 2.24. The molecular weight excluding hydrogens is 409 g/mol. The van der Waals surface area contributed by atoms with Gasteiger partial charge in [0.05, 0.1) is 17.1 Å². The van der Waals surface area contributed by atoms with E-state index in [-0.39, 0.29) is 5.82 Å². The Kier molecular flexibility index (Phi) is 5.52. The molecule has 0 saturated heterocycles. The number of hydrogen-bond acceptors (Lipinski definition) is 6. The number of nitrogens with zero attached hydrogens (tertiary/aromatic N) is 6. The summed E-state index contributed by atoms with van der Waals surface area (Å²) in [6.07, 6.45) is 2.17. The number of rotatable bonds is 6. The predicted octanol–water partition coefficient (Wildman–Crippen LogP) is 4.04. The molecule has 0 bridgehead atoms. The topological polar surface area (TPSA) is 93.7 Å². The average Bonchev–Trinajstić information content (AvgIpc) is 3.28. The van der Waals surface area contributed by atoms with Crippen LogP contribution in [0.2, 0.25) is 0 Å². The summed E-state index contributed by atoms with van der Waals surface area (Å²) >= 11 is 0. The third kappa shape index (κ3) is 4.11. The number of nitrogens with one attached hydrogen (secondary N) is 1. The summed E-state index contributed by atoms with van der Waals surface area (Å²) in [7, 11) is 1.86. The summed E-state index contributed by atoms with van der Waals surface area (Å²) in [5, 5.41) is 22.9. The molecular formula is C23H26FN7O. The molecule has 0 radical (unpaired) electrons. The molecule has 0 atom stereocenters. The van der Waals surface area contributed by atoms with Gasteiger partial charge in [-0.25, -0.2) is 19.0 Å². The molecule has 0 unspecified atom stereocenters. The molecule has 0 aliphatic rings. The Labute approximate surface area is 185 Å². The lowest BCUT2D eigenvalue weighted by atomic mass is 10.1. The molecule has 0 fully saturated rings. The van der Waals surface area contributed by atoms with E-state index < -0.39 is 5.60 Å². The van der Waals surface area contributed by atoms with E-state index >= 15 is 0 Å². The second-order valence-electron chi connectivity index (χ2n) is 8.19. The van der Waals surface area contributed by atoms with Gasteiger partial charge in [0.1, 0.15) is 23.6 Å². The average molecular weight is 436 g/mol. The van der Waals surface area contributed by atoms with Crippen molar-refractivity contribution in [2.75, 3.05) is 5.32 Å². The first-order chi connectivity index (χ1) is 15.2. The van der Waals surface area contributed by atoms with Gasteiger partial charge in [0.15, 0.2) is 11.6 Å². The third-order valence-electron chi connectivity index (χ3n) is 5.19. The minimum absolute atomic E-state index is 0.278. The maximum Gasteiger partial charge on any atom is 0.159 e. The van der Waals surface area contributed by atoms with Crippen molar-refractivity contribution >= 4 is 11.6 Å². The highest BCUT2D eigenvalue weighted by Crippen LogP contribution is 2.31. The smallest absolute Gasteiger partial charge is 0.159 e. The van der Waals surface area contributed by atoms with Crippen LogP contribution in [-0.4, -0.2) is 34.6 Å². The molecule has 4 rings (SSSR count). The fraction of sp³-hybridized carbons (Fsp3) is 0.304. The molecule has 9 heteroatoms. The van der Waals surface area contributed by atoms with Gasteiger partial charge in [-0.05, 0) is 57.5 Å². The number of aliphatic hydroxyl groups is 1. The van der Waals surface area contributed by atoms with Crippen LogP contribution in [0.5, 0.6) is 0 Å². The SMILES string of the molecule is CCc1c(Nc2cc(-n3nc(C)cc3C(C)(C)O)ncn2)nn(C)c1-c1ccc(F)cc1. The minimum Gasteiger partial charge on any atom is -0.384 e. The zero-order valence-electron chi connectivity index (χ0n) is 18.8. The van der Waals surface area contributed by atoms with E-state index in [1.54, 1.807) is 41.4 Å². The van der Waals surface area contributed by atoms with Crippen molar-refractivity contribution in [3.63, 3.8) is 0 Å². The van der Waals surface area contributed by atoms with Crippen LogP contribution in [0.1, 0.15) is 37.7 Å². The lowest BCUT2D eigenvalue weighted by molar-refractivity contribution is 0.0710. The van der Waals surface area contributed by atoms with Gasteiger partial charge in [-0.15, -0.1) is 0 Å². The normalized spacial score (nSPS) is 11.7. The summed E-state index contributed by atoms with van der Waals surface area (Å²) in [6, 6.07) is 9.97. The van der Waals surface area contributed by atoms with Crippen molar-refractivity contribution < 1.29 is 9.50 Å². The van der Waals surface area contributed by atoms with Gasteiger partial charge in [-0.1, -0.05) is 6.92 Å². The largest absolute Gasteiger partial charge is 0.384 e. The zero-order chi connectivity index (χ0) is 23.0. The van der Waals surface area contributed by atoms with Crippen molar-refractivity contribution in [2.45, 2.75) is 39.7 Å². The van der Waals surface area contributed by atoms with Crippen LogP contribution in [0.15, 0.2) is 42.7 Å². The molecule has 0 aliphatic heterocycles. The second kappa shape index (κ2) is 8.16. The Balaban J connectivity index is 1.71. The van der Waals surface area contributed by atoms with Gasteiger partial charge >= 0.3 is 0 Å². The molecule has 3 heterocycles. The van der Waals surface area contributed by atoms with Gasteiger partial charge in [0.2, 0.25) is 0 Å². The Hall–Kier alpha value is -3.59. The number of aromatic nitrogens is 6. The second-order valence-corrected chi connectivity index (χ2v) is 8.19. The fourth-order valence-electron chi connectivity index (χ4n) is 3.73. The first-order valence-corrected chi connectivity index (χ1v) is 10.4. The standard InChI is InChI=1S/C23H26FN7O/c1-6-17-21(15-7-9-16(24)10-8-15)30(5)29-22(17)27-19-12-20(26-13-25-19)31-18(23(3,4)32)11-14(2)28-31/h7-13,32H,6H2,1-5H3,(H,25,26,27,29). The maximum atomic E-state index is 13.4. The Morgan fingerprint density at radius 1 is 1.09 bits per heavy atom. The Morgan fingerprint density at radius 2 is 1.81 bits per heavy atom. The van der Waals surface area contributed by atoms with Crippen LogP contribution in [0.25, 0.3) is 17.1 Å². The lowest BCUT2D eigenvalue weighted by Crippen LogP contribution is -2.21. The van der Waals surface area contributed by atoms with E-state index in [1.165, 1.54) is 18.5 Å². The zero-order valence-corrected chi connectivity index (χ0v) is 18.8. The lowest BCUT2D eigenvalue weighted by Gasteiger charge is -2.18. The summed E-state index contributed by atoms with van der Waals surface area (Å²) in [4.78, 5) is 8.67. The first kappa shape index (κ1) is 21.6. The molecule has 4 aromatic rings. The molecule has 2 N–H and O–H groups in total. The van der Waals surface area contributed by atoms with E-state index in [1.807, 2.05) is 27.0 Å². The van der Waals surface area contributed by atoms with E-state index in [9.17, 15) is 9.50 Å². The molecule has 0 amide bonds. The predicted molar refractivity (Wildman–Crippen MR) is 120 cm³/mol. The Morgan fingerprint density at radius 3 is 2.47 bits per heavy atom. The molecule has 0 saturated carbocycles. The highest BCUT2D eigenvalue weighted by atomic mass is 19.1. The number of aryl methyl sites for hydroxylation is 2. The molecule has 8 nitrogen and oxygen atoms in total. The maximum absolute atomic E-state index is 13.4. The van der Waals surface area contributed by atoms with Crippen LogP contribution in [0.3, 0.4) is 0 Å². The summed E-state index contributed by atoms with van der Waals surface area (Å²) < 4.78 is 16.8. The molecule has 166 valence electrons. The van der Waals surface area contributed by atoms with E-state index in [2.05, 4.69) is 25.5 Å². The fourth-order valence-corrected chi connectivity index (χ4v) is 3.73. The molecule has 3 aromatic heterocycles. The van der Waals surface area contributed by atoms with E-state index in [0.29, 0.717) is 23.1 Å². The Bertz CT molecular complexity index is 1250. The van der Waals surface area contributed by atoms with E-state index in [0.717, 1.165) is 28.9 Å². The number of hydrogen-bond donors (Lipinski definition) is 2. The quantitative estimate of drug-likeness (QED) is 0.475. The summed E-state index contributed by atoms with van der Waals surface area (Å²) in [5.74, 6) is 1.46. The van der Waals surface area contributed by atoms with Crippen LogP contribution >= 0.6 is 0 Å². The number of halogens is 1.